The number of hydrogen-bond donors (Lipinski definition) is 2. The molecule has 1 fully saturated rings. The molecule has 0 aromatic heterocycles. The maximum atomic E-state index is 12.8. The molecule has 5 rings (SSSR count). The van der Waals surface area contributed by atoms with E-state index in [-0.39, 0.29) is 24.9 Å². The van der Waals surface area contributed by atoms with Crippen molar-refractivity contribution in [1.82, 2.24) is 0 Å². The summed E-state index contributed by atoms with van der Waals surface area (Å²) >= 11 is 0. The highest BCUT2D eigenvalue weighted by Crippen LogP contribution is 2.56. The summed E-state index contributed by atoms with van der Waals surface area (Å²) in [7, 11) is 1.37. The van der Waals surface area contributed by atoms with E-state index in [1.54, 1.807) is 18.2 Å². The van der Waals surface area contributed by atoms with Crippen molar-refractivity contribution < 1.29 is 43.5 Å². The lowest BCUT2D eigenvalue weighted by Crippen LogP contribution is -2.36. The minimum atomic E-state index is -0.706. The van der Waals surface area contributed by atoms with Crippen LogP contribution in [0.2, 0.25) is 0 Å². The van der Waals surface area contributed by atoms with E-state index in [9.17, 15) is 19.8 Å². The van der Waals surface area contributed by atoms with E-state index in [4.69, 9.17) is 23.7 Å². The fraction of sp³-hybridized carbons (Fsp3) is 0.364. The molecule has 162 valence electrons. The Balaban J connectivity index is 1.75. The first-order chi connectivity index (χ1) is 14.9. The number of rotatable bonds is 3. The van der Waals surface area contributed by atoms with Gasteiger partial charge in [-0.15, -0.1) is 0 Å². The number of carbonyl (C=O) groups excluding carboxylic acids is 2. The number of phenolic OH excluding ortho intramolecular Hbond substituents is 2. The molecular weight excluding hydrogens is 408 g/mol. The van der Waals surface area contributed by atoms with Crippen molar-refractivity contribution in [2.45, 2.75) is 18.9 Å². The Morgan fingerprint density at radius 1 is 1.06 bits per heavy atom. The number of cyclic esters (lactones) is 1. The van der Waals surface area contributed by atoms with E-state index in [0.29, 0.717) is 28.2 Å². The number of aromatic hydroxyl groups is 2. The van der Waals surface area contributed by atoms with Gasteiger partial charge in [0.25, 0.3) is 0 Å². The van der Waals surface area contributed by atoms with Crippen molar-refractivity contribution >= 4 is 11.9 Å². The molecule has 0 saturated carbocycles. The largest absolute Gasteiger partial charge is 0.504 e. The van der Waals surface area contributed by atoms with Crippen molar-refractivity contribution in [2.24, 2.45) is 11.8 Å². The van der Waals surface area contributed by atoms with Gasteiger partial charge in [-0.05, 0) is 35.4 Å². The van der Waals surface area contributed by atoms with E-state index in [0.717, 1.165) is 0 Å². The number of methoxy groups -OCH3 is 1. The Labute approximate surface area is 177 Å². The van der Waals surface area contributed by atoms with Gasteiger partial charge in [-0.3, -0.25) is 9.59 Å². The molecule has 2 aromatic carbocycles. The van der Waals surface area contributed by atoms with Gasteiger partial charge in [0.1, 0.15) is 6.10 Å². The molecule has 0 unspecified atom stereocenters. The van der Waals surface area contributed by atoms with E-state index < -0.39 is 41.5 Å². The summed E-state index contributed by atoms with van der Waals surface area (Å²) in [4.78, 5) is 24.7. The second-order valence-electron chi connectivity index (χ2n) is 7.75. The third-order valence-corrected chi connectivity index (χ3v) is 6.07. The van der Waals surface area contributed by atoms with E-state index >= 15 is 0 Å². The number of hydrogen-bond acceptors (Lipinski definition) is 9. The number of fused-ring (bicyclic) bond motifs is 3. The fourth-order valence-corrected chi connectivity index (χ4v) is 4.79. The van der Waals surface area contributed by atoms with Gasteiger partial charge in [-0.25, -0.2) is 0 Å². The first-order valence-electron chi connectivity index (χ1n) is 9.76. The van der Waals surface area contributed by atoms with Crippen LogP contribution in [0.25, 0.3) is 0 Å². The molecule has 9 nitrogen and oxygen atoms in total. The summed E-state index contributed by atoms with van der Waals surface area (Å²) in [6, 6.07) is 6.49. The monoisotopic (exact) mass is 428 g/mol. The van der Waals surface area contributed by atoms with Gasteiger partial charge in [0.05, 0.1) is 19.6 Å². The Kier molecular flexibility index (Phi) is 4.35. The summed E-state index contributed by atoms with van der Waals surface area (Å²) in [6.07, 6.45) is -0.706. The van der Waals surface area contributed by atoms with Crippen LogP contribution in [0.5, 0.6) is 28.7 Å². The zero-order valence-electron chi connectivity index (χ0n) is 16.8. The van der Waals surface area contributed by atoms with Crippen molar-refractivity contribution in [3.63, 3.8) is 0 Å². The molecule has 4 atom stereocenters. The molecule has 0 bridgehead atoms. The van der Waals surface area contributed by atoms with Crippen LogP contribution in [0.4, 0.5) is 0 Å². The van der Waals surface area contributed by atoms with E-state index in [1.807, 2.05) is 0 Å². The van der Waals surface area contributed by atoms with Crippen LogP contribution < -0.4 is 14.2 Å². The number of carbonyl (C=O) groups is 2. The summed E-state index contributed by atoms with van der Waals surface area (Å²) in [5.41, 5.74) is 1.90. The van der Waals surface area contributed by atoms with Gasteiger partial charge in [0, 0.05) is 24.3 Å². The van der Waals surface area contributed by atoms with Crippen LogP contribution in [0.3, 0.4) is 0 Å². The highest BCUT2D eigenvalue weighted by atomic mass is 16.7. The first kappa shape index (κ1) is 19.3. The molecule has 0 radical (unpaired) electrons. The second-order valence-corrected chi connectivity index (χ2v) is 7.75. The lowest BCUT2D eigenvalue weighted by Gasteiger charge is -2.38. The normalized spacial score (nSPS) is 25.4. The van der Waals surface area contributed by atoms with Crippen LogP contribution in [0.1, 0.15) is 35.6 Å². The highest BCUT2D eigenvalue weighted by molar-refractivity contribution is 5.79. The van der Waals surface area contributed by atoms with Crippen LogP contribution in [0.15, 0.2) is 24.3 Å². The minimum absolute atomic E-state index is 0.0594. The number of esters is 2. The van der Waals surface area contributed by atoms with E-state index in [2.05, 4.69) is 0 Å². The van der Waals surface area contributed by atoms with Crippen molar-refractivity contribution in [2.75, 3.05) is 20.5 Å². The van der Waals surface area contributed by atoms with Crippen LogP contribution >= 0.6 is 0 Å². The molecule has 0 spiro atoms. The first-order valence-corrected chi connectivity index (χ1v) is 9.76. The topological polar surface area (TPSA) is 121 Å². The third kappa shape index (κ3) is 2.91. The zero-order chi connectivity index (χ0) is 21.9. The Hall–Kier alpha value is -3.62. The quantitative estimate of drug-likeness (QED) is 0.561. The molecular formula is C22H20O9. The summed E-state index contributed by atoms with van der Waals surface area (Å²) in [5, 5.41) is 20.3. The predicted molar refractivity (Wildman–Crippen MR) is 103 cm³/mol. The Morgan fingerprint density at radius 2 is 1.77 bits per heavy atom. The van der Waals surface area contributed by atoms with Crippen molar-refractivity contribution in [3.05, 3.63) is 41.0 Å². The van der Waals surface area contributed by atoms with Gasteiger partial charge in [-0.2, -0.15) is 0 Å². The molecule has 1 aliphatic carbocycles. The molecule has 31 heavy (non-hydrogen) atoms. The van der Waals surface area contributed by atoms with Gasteiger partial charge in [-0.1, -0.05) is 0 Å². The minimum Gasteiger partial charge on any atom is -0.504 e. The fourth-order valence-electron chi connectivity index (χ4n) is 4.79. The Morgan fingerprint density at radius 3 is 2.45 bits per heavy atom. The van der Waals surface area contributed by atoms with Crippen LogP contribution in [0, 0.1) is 11.8 Å². The van der Waals surface area contributed by atoms with E-state index in [1.165, 1.54) is 20.1 Å². The lowest BCUT2D eigenvalue weighted by molar-refractivity contribution is -0.152. The van der Waals surface area contributed by atoms with Gasteiger partial charge < -0.3 is 33.9 Å². The maximum Gasteiger partial charge on any atom is 0.310 e. The summed E-state index contributed by atoms with van der Waals surface area (Å²) in [6.45, 7) is 1.46. The number of ether oxygens (including phenoxy) is 5. The van der Waals surface area contributed by atoms with Gasteiger partial charge >= 0.3 is 11.9 Å². The highest BCUT2D eigenvalue weighted by Gasteiger charge is 2.54. The van der Waals surface area contributed by atoms with Crippen LogP contribution in [-0.4, -0.2) is 42.7 Å². The average molecular weight is 428 g/mol. The smallest absolute Gasteiger partial charge is 0.310 e. The SMILES string of the molecule is COc1cc([C@@H]2c3cc4c(cc3[C@H](OC(C)=O)[C@@H]3COC(=O)[C@@H]23)OCO4)cc(O)c1O. The van der Waals surface area contributed by atoms with Crippen molar-refractivity contribution in [3.8, 4) is 28.7 Å². The number of phenols is 2. The molecule has 0 amide bonds. The maximum absolute atomic E-state index is 12.8. The van der Waals surface area contributed by atoms with Crippen molar-refractivity contribution in [1.29, 1.82) is 0 Å². The number of benzene rings is 2. The van der Waals surface area contributed by atoms with Gasteiger partial charge in [0.2, 0.25) is 12.5 Å². The molecule has 2 aliphatic heterocycles. The molecule has 2 heterocycles. The summed E-state index contributed by atoms with van der Waals surface area (Å²) in [5.74, 6) is -2.25. The lowest BCUT2D eigenvalue weighted by atomic mass is 9.66. The molecule has 2 aromatic rings. The predicted octanol–water partition coefficient (Wildman–Crippen LogP) is 2.37. The molecule has 9 heteroatoms. The standard InChI is InChI=1S/C22H20O9/c1-9(23)31-21-12-6-16-15(29-8-30-16)5-11(12)18(19-13(21)7-28-22(19)26)10-3-14(24)20(25)17(4-10)27-2/h3-6,13,18-19,21,24-25H,7-8H2,1-2H3/t13-,18-,19-,21+/m1/s1. The summed E-state index contributed by atoms with van der Waals surface area (Å²) < 4.78 is 27.2. The zero-order valence-corrected chi connectivity index (χ0v) is 16.8. The van der Waals surface area contributed by atoms with Gasteiger partial charge in [0.15, 0.2) is 23.0 Å². The second kappa shape index (κ2) is 6.97. The molecule has 3 aliphatic rings. The Bertz CT molecular complexity index is 1090. The van der Waals surface area contributed by atoms with Crippen LogP contribution in [-0.2, 0) is 19.1 Å². The molecule has 1 saturated heterocycles. The third-order valence-electron chi connectivity index (χ3n) is 6.07. The molecule has 2 N–H and O–H groups in total. The average Bonchev–Trinajstić information content (AvgIpc) is 3.35.